The first-order valence-corrected chi connectivity index (χ1v) is 1.81. The lowest BCUT2D eigenvalue weighted by molar-refractivity contribution is 1.38. The average molecular weight is 64.1 g/mol. The van der Waals surface area contributed by atoms with Crippen LogP contribution >= 0.6 is 0 Å². The molecule has 0 heteroatoms. The second-order valence-electron chi connectivity index (χ2n) is 1.61. The topological polar surface area (TPSA) is 0 Å². The van der Waals surface area contributed by atoms with Crippen LogP contribution in [0.1, 0.15) is 6.42 Å². The molecule has 0 aromatic heterocycles. The molecule has 0 amide bonds. The monoisotopic (exact) mass is 64.0 g/mol. The molecule has 0 nitrogen and oxygen atoms in total. The predicted molar refractivity (Wildman–Crippen MR) is 20.8 cm³/mol. The van der Waals surface area contributed by atoms with Crippen molar-refractivity contribution in [3.8, 4) is 0 Å². The van der Waals surface area contributed by atoms with Gasteiger partial charge in [-0.05, 0) is 23.1 Å². The Bertz CT molecular complexity index is 124. The van der Waals surface area contributed by atoms with E-state index in [1.54, 1.807) is 11.1 Å². The van der Waals surface area contributed by atoms with Crippen LogP contribution in [-0.2, 0) is 0 Å². The van der Waals surface area contributed by atoms with Crippen LogP contribution in [-0.4, -0.2) is 0 Å². The lowest BCUT2D eigenvalue weighted by Gasteiger charge is -1.79. The van der Waals surface area contributed by atoms with Crippen LogP contribution in [0.4, 0.5) is 0 Å². The highest BCUT2D eigenvalue weighted by Crippen LogP contribution is 2.58. The van der Waals surface area contributed by atoms with Crippen molar-refractivity contribution in [2.24, 2.45) is 0 Å². The lowest BCUT2D eigenvalue weighted by Crippen LogP contribution is -1.62. The van der Waals surface area contributed by atoms with Gasteiger partial charge in [0, 0.05) is 0 Å². The van der Waals surface area contributed by atoms with Crippen molar-refractivity contribution < 1.29 is 0 Å². The van der Waals surface area contributed by atoms with E-state index in [2.05, 4.69) is 6.58 Å². The van der Waals surface area contributed by atoms with Crippen LogP contribution in [0.25, 0.3) is 0 Å². The van der Waals surface area contributed by atoms with Crippen LogP contribution in [0.2, 0.25) is 0 Å². The van der Waals surface area contributed by atoms with E-state index in [0.29, 0.717) is 0 Å². The van der Waals surface area contributed by atoms with Crippen molar-refractivity contribution in [1.29, 1.82) is 0 Å². The van der Waals surface area contributed by atoms with Gasteiger partial charge >= 0.3 is 0 Å². The zero-order chi connectivity index (χ0) is 3.44. The van der Waals surface area contributed by atoms with E-state index in [-0.39, 0.29) is 0 Å². The van der Waals surface area contributed by atoms with Crippen LogP contribution in [0, 0.1) is 0 Å². The molecule has 0 unspecified atom stereocenters. The molecule has 5 heavy (non-hydrogen) atoms. The fourth-order valence-corrected chi connectivity index (χ4v) is 0.559. The van der Waals surface area contributed by atoms with Gasteiger partial charge < -0.3 is 0 Å². The summed E-state index contributed by atoms with van der Waals surface area (Å²) in [7, 11) is 0. The summed E-state index contributed by atoms with van der Waals surface area (Å²) in [6.07, 6.45) is 1.30. The predicted octanol–water partition coefficient (Wildman–Crippen LogP) is 1.26. The Morgan fingerprint density at radius 2 is 1.80 bits per heavy atom. The maximum atomic E-state index is 3.72. The van der Waals surface area contributed by atoms with Gasteiger partial charge in [0.2, 0.25) is 0 Å². The van der Waals surface area contributed by atoms with Gasteiger partial charge in [0.05, 0.1) is 0 Å². The Balaban J connectivity index is 2.61. The van der Waals surface area contributed by atoms with E-state index in [0.717, 1.165) is 0 Å². The molecule has 0 spiro atoms. The molecule has 2 aliphatic carbocycles. The van der Waals surface area contributed by atoms with Crippen molar-refractivity contribution >= 4 is 0 Å². The van der Waals surface area contributed by atoms with Crippen LogP contribution < -0.4 is 0 Å². The third-order valence-corrected chi connectivity index (χ3v) is 1.26. The number of rotatable bonds is 0. The average Bonchev–Trinajstić information content (AvgIpc) is 2.11. The third kappa shape index (κ3) is 0.0578. The van der Waals surface area contributed by atoms with Gasteiger partial charge in [-0.25, -0.2) is 0 Å². The first kappa shape index (κ1) is 1.81. The molecule has 0 fully saturated rings. The molecule has 0 bridgehead atoms. The molecular formula is C5H4. The summed E-state index contributed by atoms with van der Waals surface area (Å²) >= 11 is 0. The second kappa shape index (κ2) is 0.238. The molecule has 0 saturated carbocycles. The maximum Gasteiger partial charge on any atom is -0.000797 e. The fourth-order valence-electron chi connectivity index (χ4n) is 0.559. The normalized spacial score (nSPS) is 26.8. The molecule has 0 aromatic rings. The van der Waals surface area contributed by atoms with E-state index in [1.165, 1.54) is 12.0 Å². The van der Waals surface area contributed by atoms with Crippen LogP contribution in [0.15, 0.2) is 23.3 Å². The van der Waals surface area contributed by atoms with Gasteiger partial charge in [-0.3, -0.25) is 0 Å². The minimum absolute atomic E-state index is 1.30. The van der Waals surface area contributed by atoms with E-state index in [1.807, 2.05) is 0 Å². The Morgan fingerprint density at radius 1 is 1.40 bits per heavy atom. The van der Waals surface area contributed by atoms with Gasteiger partial charge in [-0.2, -0.15) is 0 Å². The minimum Gasteiger partial charge on any atom is -0.0912 e. The zero-order valence-electron chi connectivity index (χ0n) is 2.91. The Morgan fingerprint density at radius 3 is 1.80 bits per heavy atom. The SMILES string of the molecule is C=C1C2=C1C2. The summed E-state index contributed by atoms with van der Waals surface area (Å²) < 4.78 is 0. The van der Waals surface area contributed by atoms with Crippen LogP contribution in [0.5, 0.6) is 0 Å². The standard InChI is InChI=1S/C5H4/c1-3-4-2-5(3)4/h1-2H2. The number of hydrogen-bond donors (Lipinski definition) is 0. The molecule has 0 aliphatic heterocycles. The molecule has 0 radical (unpaired) electrons. The zero-order valence-corrected chi connectivity index (χ0v) is 2.91. The number of hydrogen-bond acceptors (Lipinski definition) is 0. The molecule has 0 saturated heterocycles. The fraction of sp³-hybridized carbons (Fsp3) is 0.200. The molecule has 2 rings (SSSR count). The lowest BCUT2D eigenvalue weighted by atomic mass is 10.2. The summed E-state index contributed by atoms with van der Waals surface area (Å²) in [5.74, 6) is 0. The smallest absolute Gasteiger partial charge is 0.000797 e. The number of allylic oxidation sites excluding steroid dienone is 3. The van der Waals surface area contributed by atoms with Crippen molar-refractivity contribution in [2.45, 2.75) is 6.42 Å². The highest BCUT2D eigenvalue weighted by molar-refractivity contribution is 5.80. The van der Waals surface area contributed by atoms with Crippen molar-refractivity contribution in [1.82, 2.24) is 0 Å². The first-order chi connectivity index (χ1) is 2.39. The largest absolute Gasteiger partial charge is 0.0912 e. The summed E-state index contributed by atoms with van der Waals surface area (Å²) in [4.78, 5) is 0. The van der Waals surface area contributed by atoms with Crippen molar-refractivity contribution in [3.05, 3.63) is 23.3 Å². The third-order valence-electron chi connectivity index (χ3n) is 1.26. The van der Waals surface area contributed by atoms with Gasteiger partial charge in [0.25, 0.3) is 0 Å². The van der Waals surface area contributed by atoms with Gasteiger partial charge in [0.15, 0.2) is 0 Å². The van der Waals surface area contributed by atoms with E-state index in [4.69, 9.17) is 0 Å². The summed E-state index contributed by atoms with van der Waals surface area (Å²) in [5.41, 5.74) is 4.47. The van der Waals surface area contributed by atoms with Crippen molar-refractivity contribution in [2.75, 3.05) is 0 Å². The highest BCUT2D eigenvalue weighted by atomic mass is 14.4. The van der Waals surface area contributed by atoms with Gasteiger partial charge in [-0.1, -0.05) is 6.58 Å². The highest BCUT2D eigenvalue weighted by Gasteiger charge is 2.40. The quantitative estimate of drug-likeness (QED) is 0.397. The second-order valence-corrected chi connectivity index (χ2v) is 1.61. The van der Waals surface area contributed by atoms with Gasteiger partial charge in [-0.15, -0.1) is 0 Å². The van der Waals surface area contributed by atoms with Crippen LogP contribution in [0.3, 0.4) is 0 Å². The molecule has 2 aliphatic rings. The molecule has 24 valence electrons. The summed E-state index contributed by atoms with van der Waals surface area (Å²) in [5, 5.41) is 0. The van der Waals surface area contributed by atoms with Gasteiger partial charge in [0.1, 0.15) is 0 Å². The first-order valence-electron chi connectivity index (χ1n) is 1.81. The molecule has 0 N–H and O–H groups in total. The molecule has 0 aromatic carbocycles. The molecule has 0 heterocycles. The van der Waals surface area contributed by atoms with E-state index >= 15 is 0 Å². The van der Waals surface area contributed by atoms with Crippen molar-refractivity contribution in [3.63, 3.8) is 0 Å². The Hall–Kier alpha value is -0.520. The minimum atomic E-state index is 1.30. The molecule has 0 atom stereocenters. The molecular weight excluding hydrogens is 60.1 g/mol. The Kier molecular flexibility index (Phi) is 0.0861. The van der Waals surface area contributed by atoms with E-state index in [9.17, 15) is 0 Å². The summed E-state index contributed by atoms with van der Waals surface area (Å²) in [6.45, 7) is 3.72. The maximum absolute atomic E-state index is 3.72. The summed E-state index contributed by atoms with van der Waals surface area (Å²) in [6, 6.07) is 0. The Labute approximate surface area is 30.8 Å². The van der Waals surface area contributed by atoms with E-state index < -0.39 is 0 Å².